The Morgan fingerprint density at radius 1 is 1.35 bits per heavy atom. The molecule has 1 aromatic carbocycles. The summed E-state index contributed by atoms with van der Waals surface area (Å²) in [6.45, 7) is 5.34. The maximum absolute atomic E-state index is 11.9. The van der Waals surface area contributed by atoms with Gasteiger partial charge >= 0.3 is 5.97 Å². The largest absolute Gasteiger partial charge is 0.466 e. The number of anilines is 1. The number of likely N-dealkylation sites (tertiary alicyclic amines) is 1. The fourth-order valence-corrected chi connectivity index (χ4v) is 3.04. The Kier molecular flexibility index (Phi) is 6.66. The third kappa shape index (κ3) is 5.39. The molecule has 2 atom stereocenters. The minimum absolute atomic E-state index is 0.0204. The van der Waals surface area contributed by atoms with Gasteiger partial charge in [0.1, 0.15) is 5.92 Å². The van der Waals surface area contributed by atoms with Gasteiger partial charge in [-0.2, -0.15) is 0 Å². The molecule has 0 radical (unpaired) electrons. The van der Waals surface area contributed by atoms with Gasteiger partial charge in [-0.3, -0.25) is 4.79 Å². The fraction of sp³-hybridized carbons (Fsp3) is 0.526. The third-order valence-corrected chi connectivity index (χ3v) is 4.36. The quantitative estimate of drug-likeness (QED) is 0.810. The first-order valence-corrected chi connectivity index (χ1v) is 8.54. The lowest BCUT2D eigenvalue weighted by molar-refractivity contribution is -0.901. The molecule has 1 unspecified atom stereocenters. The molecular weight excluding hydrogens is 288 g/mol. The summed E-state index contributed by atoms with van der Waals surface area (Å²) in [6.07, 6.45) is 6.45. The topological polar surface area (TPSA) is 34.0 Å². The van der Waals surface area contributed by atoms with Crippen LogP contribution in [0.5, 0.6) is 0 Å². The van der Waals surface area contributed by atoms with E-state index >= 15 is 0 Å². The van der Waals surface area contributed by atoms with Gasteiger partial charge in [0.15, 0.2) is 0 Å². The van der Waals surface area contributed by atoms with Crippen molar-refractivity contribution in [3.63, 3.8) is 0 Å². The molecular formula is C19H29N2O2+. The lowest BCUT2D eigenvalue weighted by Gasteiger charge is -2.27. The number of carbonyl (C=O) groups is 1. The van der Waals surface area contributed by atoms with E-state index in [2.05, 4.69) is 41.3 Å². The van der Waals surface area contributed by atoms with E-state index in [0.29, 0.717) is 6.61 Å². The van der Waals surface area contributed by atoms with Crippen LogP contribution >= 0.6 is 0 Å². The Balaban J connectivity index is 1.83. The van der Waals surface area contributed by atoms with Crippen molar-refractivity contribution in [2.24, 2.45) is 5.92 Å². The van der Waals surface area contributed by atoms with Crippen LogP contribution in [0.1, 0.15) is 25.3 Å². The number of hydrogen-bond donors (Lipinski definition) is 1. The molecule has 1 aromatic rings. The number of piperidine rings is 1. The highest BCUT2D eigenvalue weighted by Crippen LogP contribution is 2.13. The van der Waals surface area contributed by atoms with E-state index < -0.39 is 0 Å². The fourth-order valence-electron chi connectivity index (χ4n) is 3.04. The lowest BCUT2D eigenvalue weighted by Crippen LogP contribution is -3.13. The summed E-state index contributed by atoms with van der Waals surface area (Å²) in [6, 6.07) is 8.53. The van der Waals surface area contributed by atoms with Crippen molar-refractivity contribution in [3.05, 3.63) is 35.9 Å². The Labute approximate surface area is 139 Å². The lowest BCUT2D eigenvalue weighted by atomic mass is 9.98. The van der Waals surface area contributed by atoms with E-state index in [4.69, 9.17) is 4.74 Å². The minimum Gasteiger partial charge on any atom is -0.466 e. The number of rotatable bonds is 6. The molecule has 1 N–H and O–H groups in total. The van der Waals surface area contributed by atoms with Gasteiger partial charge in [-0.05, 0) is 43.5 Å². The maximum atomic E-state index is 11.9. The van der Waals surface area contributed by atoms with E-state index in [1.807, 2.05) is 21.0 Å². The number of quaternary nitrogens is 1. The molecule has 0 spiro atoms. The first-order valence-electron chi connectivity index (χ1n) is 8.54. The van der Waals surface area contributed by atoms with Gasteiger partial charge in [0, 0.05) is 19.8 Å². The summed E-state index contributed by atoms with van der Waals surface area (Å²) in [4.78, 5) is 15.4. The molecule has 4 nitrogen and oxygen atoms in total. The van der Waals surface area contributed by atoms with Crippen molar-refractivity contribution in [2.75, 3.05) is 45.2 Å². The number of esters is 1. The summed E-state index contributed by atoms with van der Waals surface area (Å²) in [7, 11) is 4.09. The van der Waals surface area contributed by atoms with E-state index in [1.54, 1.807) is 0 Å². The van der Waals surface area contributed by atoms with Crippen molar-refractivity contribution < 1.29 is 14.4 Å². The number of ether oxygens (including phenoxy) is 1. The Bertz CT molecular complexity index is 523. The number of nitrogens with one attached hydrogen (secondary N) is 1. The Morgan fingerprint density at radius 2 is 2.09 bits per heavy atom. The van der Waals surface area contributed by atoms with Crippen LogP contribution in [0.15, 0.2) is 30.3 Å². The molecule has 1 aliphatic rings. The molecule has 1 aliphatic heterocycles. The number of nitrogens with zero attached hydrogens (tertiary/aromatic N) is 1. The SMILES string of the molecule is CCOC(=O)[C@@H]1CCC[NH+](C/C=C/c2ccc(N(C)C)cc2)C1. The average molecular weight is 317 g/mol. The highest BCUT2D eigenvalue weighted by atomic mass is 16.5. The van der Waals surface area contributed by atoms with Gasteiger partial charge in [0.2, 0.25) is 0 Å². The highest BCUT2D eigenvalue weighted by molar-refractivity contribution is 5.72. The van der Waals surface area contributed by atoms with Gasteiger partial charge in [-0.15, -0.1) is 0 Å². The number of hydrogen-bond acceptors (Lipinski definition) is 3. The first kappa shape index (κ1) is 17.5. The zero-order chi connectivity index (χ0) is 16.7. The third-order valence-electron chi connectivity index (χ3n) is 4.36. The number of benzene rings is 1. The Morgan fingerprint density at radius 3 is 2.74 bits per heavy atom. The summed E-state index contributed by atoms with van der Waals surface area (Å²) in [5, 5.41) is 0. The predicted molar refractivity (Wildman–Crippen MR) is 94.7 cm³/mol. The Hall–Kier alpha value is -1.81. The molecule has 1 heterocycles. The highest BCUT2D eigenvalue weighted by Gasteiger charge is 2.28. The van der Waals surface area contributed by atoms with Gasteiger partial charge in [-0.1, -0.05) is 18.2 Å². The smallest absolute Gasteiger partial charge is 0.314 e. The van der Waals surface area contributed by atoms with E-state index in [-0.39, 0.29) is 11.9 Å². The van der Waals surface area contributed by atoms with Crippen LogP contribution in [0, 0.1) is 5.92 Å². The van der Waals surface area contributed by atoms with Crippen LogP contribution in [-0.4, -0.2) is 46.3 Å². The summed E-state index contributed by atoms with van der Waals surface area (Å²) >= 11 is 0. The van der Waals surface area contributed by atoms with Crippen molar-refractivity contribution in [1.82, 2.24) is 0 Å². The summed E-state index contributed by atoms with van der Waals surface area (Å²) in [5.74, 6) is 0.0550. The maximum Gasteiger partial charge on any atom is 0.314 e. The van der Waals surface area contributed by atoms with Gasteiger partial charge in [0.05, 0.1) is 26.2 Å². The standard InChI is InChI=1S/C19H28N2O2/c1-4-23-19(22)17-8-6-14-21(15-17)13-5-7-16-9-11-18(12-10-16)20(2)3/h5,7,9-12,17H,4,6,8,13-15H2,1-3H3/p+1/b7-5+/t17-/m1/s1. The van der Waals surface area contributed by atoms with Crippen molar-refractivity contribution >= 4 is 17.7 Å². The second-order valence-electron chi connectivity index (χ2n) is 6.39. The zero-order valence-electron chi connectivity index (χ0n) is 14.5. The molecule has 0 aromatic heterocycles. The molecule has 23 heavy (non-hydrogen) atoms. The van der Waals surface area contributed by atoms with Crippen molar-refractivity contribution in [1.29, 1.82) is 0 Å². The predicted octanol–water partition coefficient (Wildman–Crippen LogP) is 1.62. The molecule has 0 aliphatic carbocycles. The second kappa shape index (κ2) is 8.73. The molecule has 1 saturated heterocycles. The van der Waals surface area contributed by atoms with Crippen LogP contribution in [0.4, 0.5) is 5.69 Å². The van der Waals surface area contributed by atoms with Gasteiger partial charge in [-0.25, -0.2) is 0 Å². The summed E-state index contributed by atoms with van der Waals surface area (Å²) in [5.41, 5.74) is 2.43. The van der Waals surface area contributed by atoms with Crippen LogP contribution in [0.3, 0.4) is 0 Å². The van der Waals surface area contributed by atoms with E-state index in [0.717, 1.165) is 32.5 Å². The van der Waals surface area contributed by atoms with Crippen molar-refractivity contribution in [3.8, 4) is 0 Å². The molecule has 126 valence electrons. The summed E-state index contributed by atoms with van der Waals surface area (Å²) < 4.78 is 5.16. The normalized spacial score (nSPS) is 21.3. The zero-order valence-corrected chi connectivity index (χ0v) is 14.5. The van der Waals surface area contributed by atoms with Crippen LogP contribution in [0.25, 0.3) is 6.08 Å². The van der Waals surface area contributed by atoms with Crippen LogP contribution in [0.2, 0.25) is 0 Å². The molecule has 0 amide bonds. The monoisotopic (exact) mass is 317 g/mol. The molecule has 0 bridgehead atoms. The first-order chi connectivity index (χ1) is 11.1. The van der Waals surface area contributed by atoms with Crippen LogP contribution < -0.4 is 9.80 Å². The molecule has 2 rings (SSSR count). The van der Waals surface area contributed by atoms with E-state index in [1.165, 1.54) is 16.2 Å². The van der Waals surface area contributed by atoms with Crippen LogP contribution in [-0.2, 0) is 9.53 Å². The van der Waals surface area contributed by atoms with Gasteiger partial charge in [0.25, 0.3) is 0 Å². The average Bonchev–Trinajstić information content (AvgIpc) is 2.56. The molecule has 1 fully saturated rings. The van der Waals surface area contributed by atoms with E-state index in [9.17, 15) is 4.79 Å². The minimum atomic E-state index is -0.0204. The van der Waals surface area contributed by atoms with Crippen molar-refractivity contribution in [2.45, 2.75) is 19.8 Å². The molecule has 4 heteroatoms. The molecule has 0 saturated carbocycles. The second-order valence-corrected chi connectivity index (χ2v) is 6.39. The van der Waals surface area contributed by atoms with Gasteiger partial charge < -0.3 is 14.5 Å². The number of carbonyl (C=O) groups excluding carboxylic acids is 1.